The zero-order valence-electron chi connectivity index (χ0n) is 15.3. The van der Waals surface area contributed by atoms with E-state index in [2.05, 4.69) is 15.6 Å². The third kappa shape index (κ3) is 3.73. The van der Waals surface area contributed by atoms with Crippen molar-refractivity contribution in [3.05, 3.63) is 52.8 Å². The summed E-state index contributed by atoms with van der Waals surface area (Å²) in [5.74, 6) is -0.641. The van der Waals surface area contributed by atoms with Gasteiger partial charge in [-0.25, -0.2) is 0 Å². The van der Waals surface area contributed by atoms with E-state index in [-0.39, 0.29) is 23.8 Å². The van der Waals surface area contributed by atoms with Gasteiger partial charge in [-0.15, -0.1) is 0 Å². The van der Waals surface area contributed by atoms with Gasteiger partial charge in [0.1, 0.15) is 5.69 Å². The van der Waals surface area contributed by atoms with Gasteiger partial charge in [0.2, 0.25) is 0 Å². The summed E-state index contributed by atoms with van der Waals surface area (Å²) in [4.78, 5) is 32.1. The Morgan fingerprint density at radius 2 is 2.04 bits per heavy atom. The molecule has 1 aromatic heterocycles. The van der Waals surface area contributed by atoms with Gasteiger partial charge in [0.25, 0.3) is 11.8 Å². The maximum atomic E-state index is 12.6. The molecule has 3 heterocycles. The summed E-state index contributed by atoms with van der Waals surface area (Å²) in [6, 6.07) is 9.18. The summed E-state index contributed by atoms with van der Waals surface area (Å²) >= 11 is 5.88. The maximum Gasteiger partial charge on any atom is 0.274 e. The Balaban J connectivity index is 1.31. The first-order valence-electron chi connectivity index (χ1n) is 9.06. The molecule has 4 rings (SSSR count). The molecule has 8 nitrogen and oxygen atoms in total. The van der Waals surface area contributed by atoms with Gasteiger partial charge in [0.05, 0.1) is 12.5 Å². The summed E-state index contributed by atoms with van der Waals surface area (Å²) in [7, 11) is 1.76. The number of fused-ring (bicyclic) bond motifs is 1. The molecule has 0 radical (unpaired) electrons. The number of benzene rings is 1. The molecule has 1 saturated heterocycles. The molecular weight excluding hydrogens is 382 g/mol. The summed E-state index contributed by atoms with van der Waals surface area (Å²) in [5, 5.41) is 11.7. The lowest BCUT2D eigenvalue weighted by Gasteiger charge is -2.15. The van der Waals surface area contributed by atoms with E-state index in [1.54, 1.807) is 28.9 Å². The van der Waals surface area contributed by atoms with Crippen LogP contribution in [0.25, 0.3) is 0 Å². The highest BCUT2D eigenvalue weighted by Gasteiger charge is 2.46. The molecule has 1 N–H and O–H groups in total. The minimum Gasteiger partial charge on any atom is -0.389 e. The minimum atomic E-state index is -0.287. The highest BCUT2D eigenvalue weighted by molar-refractivity contribution is 6.40. The number of oxime groups is 1. The number of carbonyl (C=O) groups excluding carboxylic acids is 2. The molecule has 2 aliphatic rings. The largest absolute Gasteiger partial charge is 0.389 e. The van der Waals surface area contributed by atoms with Crippen molar-refractivity contribution in [3.8, 4) is 0 Å². The monoisotopic (exact) mass is 401 g/mol. The fourth-order valence-electron chi connectivity index (χ4n) is 3.46. The number of hydrogen-bond donors (Lipinski definition) is 1. The molecule has 1 aromatic carbocycles. The van der Waals surface area contributed by atoms with Crippen LogP contribution < -0.4 is 5.32 Å². The standard InChI is InChI=1S/C19H20ClN5O3/c1-24-9-7-15(22-24)19(27)25-10-14-16(11-25)28-23-17(14)18(26)21-8-6-12-2-4-13(20)5-3-12/h2-5,7,9,14,16H,6,8,10-11H2,1H3,(H,21,26). The van der Waals surface area contributed by atoms with Crippen LogP contribution in [0.2, 0.25) is 5.02 Å². The van der Waals surface area contributed by atoms with Gasteiger partial charge < -0.3 is 15.1 Å². The number of rotatable bonds is 5. The highest BCUT2D eigenvalue weighted by atomic mass is 35.5. The zero-order chi connectivity index (χ0) is 19.7. The molecule has 2 aromatic rings. The van der Waals surface area contributed by atoms with Crippen LogP contribution in [-0.2, 0) is 23.1 Å². The summed E-state index contributed by atoms with van der Waals surface area (Å²) < 4.78 is 1.58. The van der Waals surface area contributed by atoms with E-state index in [9.17, 15) is 9.59 Å². The van der Waals surface area contributed by atoms with Crippen LogP contribution in [0.3, 0.4) is 0 Å². The number of aromatic nitrogens is 2. The van der Waals surface area contributed by atoms with Gasteiger partial charge in [0.15, 0.2) is 11.8 Å². The Morgan fingerprint density at radius 1 is 1.25 bits per heavy atom. The Bertz CT molecular complexity index is 924. The Hall–Kier alpha value is -2.87. The van der Waals surface area contributed by atoms with Crippen LogP contribution in [-0.4, -0.2) is 57.9 Å². The topological polar surface area (TPSA) is 88.8 Å². The van der Waals surface area contributed by atoms with Crippen molar-refractivity contribution in [3.63, 3.8) is 0 Å². The van der Waals surface area contributed by atoms with Gasteiger partial charge in [-0.1, -0.05) is 28.9 Å². The molecule has 9 heteroatoms. The number of aryl methyl sites for hydroxylation is 1. The third-order valence-corrected chi connectivity index (χ3v) is 5.22. The van der Waals surface area contributed by atoms with Crippen LogP contribution in [0, 0.1) is 5.92 Å². The first-order chi connectivity index (χ1) is 13.5. The van der Waals surface area contributed by atoms with Crippen molar-refractivity contribution in [2.24, 2.45) is 18.1 Å². The lowest BCUT2D eigenvalue weighted by atomic mass is 10.0. The molecule has 1 fully saturated rings. The quantitative estimate of drug-likeness (QED) is 0.816. The Morgan fingerprint density at radius 3 is 2.75 bits per heavy atom. The second kappa shape index (κ2) is 7.63. The van der Waals surface area contributed by atoms with Crippen LogP contribution in [0.1, 0.15) is 16.1 Å². The molecule has 2 unspecified atom stereocenters. The van der Waals surface area contributed by atoms with Crippen molar-refractivity contribution in [1.29, 1.82) is 0 Å². The number of amides is 2. The van der Waals surface area contributed by atoms with Crippen LogP contribution in [0.15, 0.2) is 41.7 Å². The molecule has 0 bridgehead atoms. The summed E-state index contributed by atoms with van der Waals surface area (Å²) in [5.41, 5.74) is 1.81. The van der Waals surface area contributed by atoms with E-state index in [1.165, 1.54) is 0 Å². The van der Waals surface area contributed by atoms with E-state index >= 15 is 0 Å². The number of nitrogens with one attached hydrogen (secondary N) is 1. The number of nitrogens with zero attached hydrogens (tertiary/aromatic N) is 4. The summed E-state index contributed by atoms with van der Waals surface area (Å²) in [6.07, 6.45) is 2.13. The molecule has 2 aliphatic heterocycles. The second-order valence-electron chi connectivity index (χ2n) is 6.94. The van der Waals surface area contributed by atoms with Gasteiger partial charge in [-0.2, -0.15) is 5.10 Å². The smallest absolute Gasteiger partial charge is 0.274 e. The van der Waals surface area contributed by atoms with Crippen molar-refractivity contribution in [1.82, 2.24) is 20.0 Å². The predicted molar refractivity (Wildman–Crippen MR) is 103 cm³/mol. The SMILES string of the molecule is Cn1ccc(C(=O)N2CC3ON=C(C(=O)NCCc4ccc(Cl)cc4)C3C2)n1. The lowest BCUT2D eigenvalue weighted by molar-refractivity contribution is -0.115. The fraction of sp³-hybridized carbons (Fsp3) is 0.368. The lowest BCUT2D eigenvalue weighted by Crippen LogP contribution is -2.38. The Labute approximate surface area is 167 Å². The van der Waals surface area contributed by atoms with Gasteiger partial charge >= 0.3 is 0 Å². The number of likely N-dealkylation sites (tertiary alicyclic amines) is 1. The number of hydrogen-bond acceptors (Lipinski definition) is 5. The minimum absolute atomic E-state index is 0.166. The Kier molecular flexibility index (Phi) is 5.04. The van der Waals surface area contributed by atoms with Gasteiger partial charge in [-0.3, -0.25) is 14.3 Å². The third-order valence-electron chi connectivity index (χ3n) is 4.97. The van der Waals surface area contributed by atoms with E-state index in [1.807, 2.05) is 24.3 Å². The molecule has 28 heavy (non-hydrogen) atoms. The number of halogens is 1. The van der Waals surface area contributed by atoms with Gasteiger partial charge in [0, 0.05) is 31.4 Å². The molecule has 0 spiro atoms. The van der Waals surface area contributed by atoms with Crippen LogP contribution >= 0.6 is 11.6 Å². The highest BCUT2D eigenvalue weighted by Crippen LogP contribution is 2.28. The van der Waals surface area contributed by atoms with Gasteiger partial charge in [-0.05, 0) is 30.2 Å². The molecule has 2 atom stereocenters. The molecular formula is C19H20ClN5O3. The molecule has 146 valence electrons. The van der Waals surface area contributed by atoms with Crippen molar-refractivity contribution >= 4 is 29.1 Å². The van der Waals surface area contributed by atoms with E-state index in [0.29, 0.717) is 42.5 Å². The molecule has 0 saturated carbocycles. The maximum absolute atomic E-state index is 12.6. The van der Waals surface area contributed by atoms with Crippen molar-refractivity contribution in [2.75, 3.05) is 19.6 Å². The fourth-order valence-corrected chi connectivity index (χ4v) is 3.59. The zero-order valence-corrected chi connectivity index (χ0v) is 16.1. The first kappa shape index (κ1) is 18.5. The second-order valence-corrected chi connectivity index (χ2v) is 7.38. The van der Waals surface area contributed by atoms with E-state index < -0.39 is 0 Å². The van der Waals surface area contributed by atoms with Crippen LogP contribution in [0.4, 0.5) is 0 Å². The van der Waals surface area contributed by atoms with Crippen molar-refractivity contribution in [2.45, 2.75) is 12.5 Å². The molecule has 2 amide bonds. The normalized spacial score (nSPS) is 20.5. The van der Waals surface area contributed by atoms with Crippen LogP contribution in [0.5, 0.6) is 0 Å². The first-order valence-corrected chi connectivity index (χ1v) is 9.44. The van der Waals surface area contributed by atoms with E-state index in [0.717, 1.165) is 5.56 Å². The van der Waals surface area contributed by atoms with Crippen molar-refractivity contribution < 1.29 is 14.4 Å². The molecule has 0 aliphatic carbocycles. The average Bonchev–Trinajstić information content (AvgIpc) is 3.38. The average molecular weight is 402 g/mol. The summed E-state index contributed by atoms with van der Waals surface area (Å²) in [6.45, 7) is 1.27. The van der Waals surface area contributed by atoms with E-state index in [4.69, 9.17) is 16.4 Å². The number of carbonyl (C=O) groups is 2. The predicted octanol–water partition coefficient (Wildman–Crippen LogP) is 1.26.